The van der Waals surface area contributed by atoms with Gasteiger partial charge in [0.2, 0.25) is 0 Å². The molecule has 1 fully saturated rings. The lowest BCUT2D eigenvalue weighted by atomic mass is 9.82. The molecule has 4 heterocycles. The summed E-state index contributed by atoms with van der Waals surface area (Å²) in [5.74, 6) is 2.89. The van der Waals surface area contributed by atoms with Crippen molar-refractivity contribution in [2.75, 3.05) is 31.1 Å². The number of rotatable bonds is 8. The molecule has 0 bridgehead atoms. The van der Waals surface area contributed by atoms with Crippen LogP contribution in [0.5, 0.6) is 0 Å². The van der Waals surface area contributed by atoms with E-state index >= 15 is 0 Å². The lowest BCUT2D eigenvalue weighted by Crippen LogP contribution is -2.33. The first-order chi connectivity index (χ1) is 19.8. The highest BCUT2D eigenvalue weighted by Crippen LogP contribution is 2.34. The summed E-state index contributed by atoms with van der Waals surface area (Å²) in [5, 5.41) is 1.03. The summed E-state index contributed by atoms with van der Waals surface area (Å²) >= 11 is 0. The monoisotopic (exact) mass is 549 g/mol. The third-order valence-electron chi connectivity index (χ3n) is 9.46. The summed E-state index contributed by atoms with van der Waals surface area (Å²) in [6.45, 7) is 18.5. The van der Waals surface area contributed by atoms with E-state index in [-0.39, 0.29) is 5.91 Å². The average Bonchev–Trinajstić information content (AvgIpc) is 3.50. The van der Waals surface area contributed by atoms with Gasteiger partial charge in [-0.15, -0.1) is 0 Å². The van der Waals surface area contributed by atoms with E-state index in [9.17, 15) is 4.79 Å². The second kappa shape index (κ2) is 12.4. The van der Waals surface area contributed by atoms with Crippen LogP contribution < -0.4 is 4.90 Å². The summed E-state index contributed by atoms with van der Waals surface area (Å²) in [5.41, 5.74) is 7.40. The van der Waals surface area contributed by atoms with Crippen molar-refractivity contribution in [2.24, 2.45) is 17.8 Å². The third kappa shape index (κ3) is 5.97. The molecule has 2 aliphatic heterocycles. The number of pyridine rings is 1. The van der Waals surface area contributed by atoms with E-state index in [4.69, 9.17) is 4.98 Å². The molecule has 2 aliphatic rings. The van der Waals surface area contributed by atoms with Crippen LogP contribution in [-0.4, -0.2) is 51.9 Å². The molecule has 3 atom stereocenters. The van der Waals surface area contributed by atoms with Crippen LogP contribution in [0.2, 0.25) is 0 Å². The minimum Gasteiger partial charge on any atom is -0.351 e. The highest BCUT2D eigenvalue weighted by Gasteiger charge is 2.32. The second-order valence-electron chi connectivity index (χ2n) is 12.0. The fourth-order valence-electron chi connectivity index (χ4n) is 6.33. The number of fused-ring (bicyclic) bond motifs is 1. The Hall–Kier alpha value is -3.80. The van der Waals surface area contributed by atoms with Gasteiger partial charge in [0.15, 0.2) is 0 Å². The minimum absolute atomic E-state index is 0.0977. The molecule has 0 spiro atoms. The van der Waals surface area contributed by atoms with E-state index in [1.165, 1.54) is 12.0 Å². The van der Waals surface area contributed by atoms with Crippen LogP contribution in [0.1, 0.15) is 52.5 Å². The molecule has 1 saturated heterocycles. The normalized spacial score (nSPS) is 19.5. The number of nitrogens with zero attached hydrogens (tertiary/aromatic N) is 5. The van der Waals surface area contributed by atoms with Gasteiger partial charge < -0.3 is 9.80 Å². The summed E-state index contributed by atoms with van der Waals surface area (Å²) < 4.78 is 0. The number of benzene rings is 1. The topological polar surface area (TPSA) is 62.2 Å². The van der Waals surface area contributed by atoms with Crippen molar-refractivity contribution in [3.05, 3.63) is 84.0 Å². The van der Waals surface area contributed by atoms with Crippen molar-refractivity contribution in [2.45, 2.75) is 53.9 Å². The van der Waals surface area contributed by atoms with Crippen molar-refractivity contribution in [3.8, 4) is 11.1 Å². The van der Waals surface area contributed by atoms with Gasteiger partial charge in [-0.05, 0) is 85.4 Å². The molecule has 214 valence electrons. The molecule has 0 aliphatic carbocycles. The van der Waals surface area contributed by atoms with E-state index in [1.54, 1.807) is 18.6 Å². The number of anilines is 1. The van der Waals surface area contributed by atoms with E-state index in [2.05, 4.69) is 80.3 Å². The quantitative estimate of drug-likeness (QED) is 0.220. The Balaban J connectivity index is 1.40. The molecule has 41 heavy (non-hydrogen) atoms. The van der Waals surface area contributed by atoms with Gasteiger partial charge in [0.05, 0.1) is 5.52 Å². The largest absolute Gasteiger partial charge is 0.351 e. The molecular weight excluding hydrogens is 506 g/mol. The van der Waals surface area contributed by atoms with Crippen molar-refractivity contribution >= 4 is 22.6 Å². The third-order valence-corrected chi connectivity index (χ3v) is 9.46. The maximum Gasteiger partial charge on any atom is 0.253 e. The van der Waals surface area contributed by atoms with Gasteiger partial charge in [-0.3, -0.25) is 9.78 Å². The van der Waals surface area contributed by atoms with Gasteiger partial charge in [0, 0.05) is 55.1 Å². The minimum atomic E-state index is 0.0977. The van der Waals surface area contributed by atoms with Crippen molar-refractivity contribution in [1.82, 2.24) is 19.9 Å². The molecule has 6 heteroatoms. The lowest BCUT2D eigenvalue weighted by molar-refractivity contribution is -0.126. The van der Waals surface area contributed by atoms with Crippen LogP contribution in [0.4, 0.5) is 5.82 Å². The second-order valence-corrected chi connectivity index (χ2v) is 12.0. The molecule has 1 amide bonds. The van der Waals surface area contributed by atoms with Crippen molar-refractivity contribution in [1.29, 1.82) is 0 Å². The van der Waals surface area contributed by atoms with E-state index in [1.807, 2.05) is 17.2 Å². The summed E-state index contributed by atoms with van der Waals surface area (Å²) in [7, 11) is 0. The van der Waals surface area contributed by atoms with Crippen LogP contribution in [0, 0.1) is 24.7 Å². The van der Waals surface area contributed by atoms with Gasteiger partial charge in [-0.1, -0.05) is 51.5 Å². The number of aromatic nitrogens is 3. The fraction of sp³-hybridized carbons (Fsp3) is 0.429. The van der Waals surface area contributed by atoms with Crippen LogP contribution in [0.3, 0.4) is 0 Å². The van der Waals surface area contributed by atoms with Gasteiger partial charge in [-0.2, -0.15) is 0 Å². The number of likely N-dealkylation sites (tertiary alicyclic amines) is 1. The Morgan fingerprint density at radius 3 is 2.73 bits per heavy atom. The number of hydrogen-bond donors (Lipinski definition) is 0. The number of carbonyl (C=O) groups is 1. The average molecular weight is 550 g/mol. The SMILES string of the molecule is C=CC(=CC1=C(C)CCN(c2ncnc3c(C)cc(-c4cccnc4)cc23)C1)C(=O)N1CCC(C(C)C(C)CC)C1. The van der Waals surface area contributed by atoms with Gasteiger partial charge in [-0.25, -0.2) is 9.97 Å². The zero-order chi connectivity index (χ0) is 29.1. The number of amides is 1. The predicted octanol–water partition coefficient (Wildman–Crippen LogP) is 7.17. The van der Waals surface area contributed by atoms with E-state index < -0.39 is 0 Å². The standard InChI is InChI=1S/C35H43N5O/c1-7-23(3)26(6)29-12-15-40(20-29)35(41)27(8-2)17-31-21-39(14-11-24(31)4)34-32-18-30(28-10-9-13-36-19-28)16-25(5)33(32)37-22-38-34/h8-10,13,16-19,22-23,26,29H,2,7,11-12,14-15,20-21H2,1,3-6H3. The summed E-state index contributed by atoms with van der Waals surface area (Å²) in [4.78, 5) is 31.7. The molecule has 3 aromatic rings. The Morgan fingerprint density at radius 2 is 2.00 bits per heavy atom. The highest BCUT2D eigenvalue weighted by molar-refractivity contribution is 5.97. The lowest BCUT2D eigenvalue weighted by Gasteiger charge is -2.31. The highest BCUT2D eigenvalue weighted by atomic mass is 16.2. The first kappa shape index (κ1) is 28.7. The number of aryl methyl sites for hydroxylation is 1. The van der Waals surface area contributed by atoms with Crippen molar-refractivity contribution < 1.29 is 4.79 Å². The molecule has 1 aromatic carbocycles. The molecule has 6 nitrogen and oxygen atoms in total. The predicted molar refractivity (Wildman–Crippen MR) is 169 cm³/mol. The Kier molecular flexibility index (Phi) is 8.67. The Labute approximate surface area is 244 Å². The first-order valence-electron chi connectivity index (χ1n) is 15.0. The van der Waals surface area contributed by atoms with Crippen LogP contribution in [-0.2, 0) is 4.79 Å². The fourth-order valence-corrected chi connectivity index (χ4v) is 6.33. The molecule has 2 aromatic heterocycles. The van der Waals surface area contributed by atoms with Gasteiger partial charge in [0.1, 0.15) is 12.1 Å². The van der Waals surface area contributed by atoms with E-state index in [0.29, 0.717) is 29.9 Å². The number of hydrogen-bond acceptors (Lipinski definition) is 5. The van der Waals surface area contributed by atoms with Crippen LogP contribution >= 0.6 is 0 Å². The van der Waals surface area contributed by atoms with Crippen LogP contribution in [0.15, 0.2) is 78.4 Å². The smallest absolute Gasteiger partial charge is 0.253 e. The Morgan fingerprint density at radius 1 is 1.17 bits per heavy atom. The molecular formula is C35H43N5O. The first-order valence-corrected chi connectivity index (χ1v) is 15.0. The number of carbonyl (C=O) groups excluding carboxylic acids is 1. The van der Waals surface area contributed by atoms with Gasteiger partial charge in [0.25, 0.3) is 5.91 Å². The summed E-state index contributed by atoms with van der Waals surface area (Å²) in [6, 6.07) is 8.38. The molecule has 3 unspecified atom stereocenters. The van der Waals surface area contributed by atoms with E-state index in [0.717, 1.165) is 71.5 Å². The maximum absolute atomic E-state index is 13.6. The maximum atomic E-state index is 13.6. The van der Waals surface area contributed by atoms with Crippen LogP contribution in [0.25, 0.3) is 22.0 Å². The summed E-state index contributed by atoms with van der Waals surface area (Å²) in [6.07, 6.45) is 12.3. The molecule has 0 radical (unpaired) electrons. The molecule has 0 saturated carbocycles. The zero-order valence-electron chi connectivity index (χ0n) is 25.2. The van der Waals surface area contributed by atoms with Gasteiger partial charge >= 0.3 is 0 Å². The Bertz CT molecular complexity index is 1490. The van der Waals surface area contributed by atoms with Crippen molar-refractivity contribution in [3.63, 3.8) is 0 Å². The molecule has 0 N–H and O–H groups in total. The zero-order valence-corrected chi connectivity index (χ0v) is 25.2. The molecule has 5 rings (SSSR count).